The second-order valence-electron chi connectivity index (χ2n) is 10.0. The van der Waals surface area contributed by atoms with E-state index in [4.69, 9.17) is 14.2 Å². The van der Waals surface area contributed by atoms with Gasteiger partial charge in [-0.3, -0.25) is 4.90 Å². The Bertz CT molecular complexity index is 1250. The summed E-state index contributed by atoms with van der Waals surface area (Å²) in [5, 5.41) is 0. The van der Waals surface area contributed by atoms with Gasteiger partial charge in [0.2, 0.25) is 0 Å². The molecule has 6 nitrogen and oxygen atoms in total. The summed E-state index contributed by atoms with van der Waals surface area (Å²) in [6, 6.07) is 21.6. The Balaban J connectivity index is 1.53. The fourth-order valence-electron chi connectivity index (χ4n) is 4.44. The van der Waals surface area contributed by atoms with Crippen LogP contribution in [0.2, 0.25) is 0 Å². The molecule has 1 atom stereocenters. The van der Waals surface area contributed by atoms with Crippen molar-refractivity contribution in [3.63, 3.8) is 0 Å². The molecule has 0 N–H and O–H groups in total. The largest absolute Gasteiger partial charge is 0.489 e. The molecule has 0 fully saturated rings. The molecule has 0 aliphatic carbocycles. The lowest BCUT2D eigenvalue weighted by molar-refractivity contribution is -0.147. The van der Waals surface area contributed by atoms with Gasteiger partial charge in [-0.25, -0.2) is 9.59 Å². The number of hydrogen-bond acceptors (Lipinski definition) is 5. The average molecular weight is 488 g/mol. The van der Waals surface area contributed by atoms with Gasteiger partial charge in [-0.05, 0) is 73.2 Å². The molecule has 0 radical (unpaired) electrons. The number of ether oxygens (including phenoxy) is 3. The Morgan fingerprint density at radius 1 is 0.972 bits per heavy atom. The highest BCUT2D eigenvalue weighted by Crippen LogP contribution is 2.30. The molecule has 1 aliphatic heterocycles. The normalized spacial score (nSPS) is 15.1. The number of esters is 1. The first-order chi connectivity index (χ1) is 17.2. The summed E-state index contributed by atoms with van der Waals surface area (Å²) in [6.45, 7) is 8.18. The van der Waals surface area contributed by atoms with Crippen LogP contribution in [0.4, 0.5) is 4.79 Å². The van der Waals surface area contributed by atoms with E-state index in [1.54, 1.807) is 20.8 Å². The van der Waals surface area contributed by atoms with E-state index in [0.717, 1.165) is 16.7 Å². The number of nitrogens with zero attached hydrogens (tertiary/aromatic N) is 1. The van der Waals surface area contributed by atoms with E-state index in [1.165, 1.54) is 28.7 Å². The number of rotatable bonds is 5. The standard InChI is InChI=1S/C30H33NO5/c1-20-23(12-9-13-26(20)21-10-7-6-8-11-21)19-35-25-15-14-22-17-27(28(32)34-5)31(18-24(22)16-25)29(33)36-30(2,3)4/h6-16,27H,17-19H2,1-5H3/t27-/m1/s1. The Morgan fingerprint density at radius 3 is 2.42 bits per heavy atom. The summed E-state index contributed by atoms with van der Waals surface area (Å²) in [7, 11) is 1.33. The molecule has 0 bridgehead atoms. The maximum atomic E-state index is 12.9. The number of methoxy groups -OCH3 is 1. The Hall–Kier alpha value is -3.80. The molecule has 0 unspecified atom stereocenters. The quantitative estimate of drug-likeness (QED) is 0.408. The van der Waals surface area contributed by atoms with Gasteiger partial charge in [0.05, 0.1) is 13.7 Å². The van der Waals surface area contributed by atoms with Crippen LogP contribution in [0.25, 0.3) is 11.1 Å². The van der Waals surface area contributed by atoms with Crippen LogP contribution in [0.3, 0.4) is 0 Å². The van der Waals surface area contributed by atoms with Crippen LogP contribution in [0.5, 0.6) is 5.75 Å². The minimum Gasteiger partial charge on any atom is -0.489 e. The topological polar surface area (TPSA) is 65.1 Å². The van der Waals surface area contributed by atoms with Crippen molar-refractivity contribution in [3.05, 3.63) is 89.0 Å². The summed E-state index contributed by atoms with van der Waals surface area (Å²) >= 11 is 0. The van der Waals surface area contributed by atoms with Gasteiger partial charge >= 0.3 is 12.1 Å². The molecule has 1 amide bonds. The van der Waals surface area contributed by atoms with Gasteiger partial charge in [-0.15, -0.1) is 0 Å². The molecular weight excluding hydrogens is 454 g/mol. The van der Waals surface area contributed by atoms with Gasteiger partial charge in [-0.1, -0.05) is 54.6 Å². The summed E-state index contributed by atoms with van der Waals surface area (Å²) in [5.41, 5.74) is 5.88. The smallest absolute Gasteiger partial charge is 0.411 e. The van der Waals surface area contributed by atoms with E-state index in [2.05, 4.69) is 31.2 Å². The van der Waals surface area contributed by atoms with E-state index in [9.17, 15) is 9.59 Å². The average Bonchev–Trinajstić information content (AvgIpc) is 2.86. The number of carbonyl (C=O) groups excluding carboxylic acids is 2. The van der Waals surface area contributed by atoms with Crippen molar-refractivity contribution in [2.45, 2.75) is 58.9 Å². The Labute approximate surface area is 212 Å². The molecule has 1 aliphatic rings. The van der Waals surface area contributed by atoms with Crippen molar-refractivity contribution in [1.29, 1.82) is 0 Å². The van der Waals surface area contributed by atoms with E-state index in [-0.39, 0.29) is 6.54 Å². The lowest BCUT2D eigenvalue weighted by atomic mass is 9.94. The summed E-state index contributed by atoms with van der Waals surface area (Å²) in [4.78, 5) is 26.8. The predicted octanol–water partition coefficient (Wildman–Crippen LogP) is 6.08. The molecule has 188 valence electrons. The highest BCUT2D eigenvalue weighted by atomic mass is 16.6. The fourth-order valence-corrected chi connectivity index (χ4v) is 4.44. The van der Waals surface area contributed by atoms with Crippen LogP contribution in [0, 0.1) is 6.92 Å². The molecule has 0 saturated heterocycles. The van der Waals surface area contributed by atoms with Gasteiger partial charge in [0, 0.05) is 6.42 Å². The first kappa shape index (κ1) is 25.3. The lowest BCUT2D eigenvalue weighted by Crippen LogP contribution is -2.50. The third-order valence-electron chi connectivity index (χ3n) is 6.33. The third-order valence-corrected chi connectivity index (χ3v) is 6.33. The van der Waals surface area contributed by atoms with Crippen LogP contribution in [-0.2, 0) is 33.8 Å². The van der Waals surface area contributed by atoms with Crippen molar-refractivity contribution in [2.75, 3.05) is 7.11 Å². The fraction of sp³-hybridized carbons (Fsp3) is 0.333. The minimum atomic E-state index is -0.729. The second kappa shape index (κ2) is 10.4. The van der Waals surface area contributed by atoms with E-state index < -0.39 is 23.7 Å². The minimum absolute atomic E-state index is 0.240. The maximum absolute atomic E-state index is 12.9. The first-order valence-electron chi connectivity index (χ1n) is 12.1. The zero-order valence-electron chi connectivity index (χ0n) is 21.5. The molecule has 6 heteroatoms. The zero-order chi connectivity index (χ0) is 25.9. The van der Waals surface area contributed by atoms with Gasteiger partial charge < -0.3 is 14.2 Å². The van der Waals surface area contributed by atoms with Gasteiger partial charge in [0.25, 0.3) is 0 Å². The van der Waals surface area contributed by atoms with E-state index in [0.29, 0.717) is 18.8 Å². The van der Waals surface area contributed by atoms with Crippen LogP contribution < -0.4 is 4.74 Å². The molecular formula is C30H33NO5. The highest BCUT2D eigenvalue weighted by Gasteiger charge is 2.37. The molecule has 0 saturated carbocycles. The third kappa shape index (κ3) is 5.70. The number of fused-ring (bicyclic) bond motifs is 1. The number of hydrogen-bond donors (Lipinski definition) is 0. The van der Waals surface area contributed by atoms with Crippen molar-refractivity contribution >= 4 is 12.1 Å². The van der Waals surface area contributed by atoms with Crippen LogP contribution in [0.15, 0.2) is 66.7 Å². The summed E-state index contributed by atoms with van der Waals surface area (Å²) in [5.74, 6) is 0.250. The first-order valence-corrected chi connectivity index (χ1v) is 12.1. The van der Waals surface area contributed by atoms with Crippen molar-refractivity contribution in [3.8, 4) is 16.9 Å². The van der Waals surface area contributed by atoms with Crippen LogP contribution >= 0.6 is 0 Å². The summed E-state index contributed by atoms with van der Waals surface area (Å²) in [6.07, 6.45) is -0.178. The van der Waals surface area contributed by atoms with Gasteiger partial charge in [0.15, 0.2) is 0 Å². The number of carbonyl (C=O) groups is 2. The highest BCUT2D eigenvalue weighted by molar-refractivity contribution is 5.82. The molecule has 3 aromatic rings. The Morgan fingerprint density at radius 2 is 1.72 bits per heavy atom. The van der Waals surface area contributed by atoms with E-state index in [1.807, 2.05) is 42.5 Å². The molecule has 0 aromatic heterocycles. The molecule has 1 heterocycles. The van der Waals surface area contributed by atoms with Gasteiger partial charge in [0.1, 0.15) is 24.0 Å². The van der Waals surface area contributed by atoms with Crippen molar-refractivity contribution in [2.24, 2.45) is 0 Å². The Kier molecular flexibility index (Phi) is 7.34. The molecule has 4 rings (SSSR count). The zero-order valence-corrected chi connectivity index (χ0v) is 21.5. The molecule has 36 heavy (non-hydrogen) atoms. The van der Waals surface area contributed by atoms with Crippen molar-refractivity contribution < 1.29 is 23.8 Å². The van der Waals surface area contributed by atoms with E-state index >= 15 is 0 Å². The predicted molar refractivity (Wildman–Crippen MR) is 139 cm³/mol. The number of amides is 1. The molecule has 3 aromatic carbocycles. The SMILES string of the molecule is COC(=O)[C@H]1Cc2ccc(OCc3cccc(-c4ccccc4)c3C)cc2CN1C(=O)OC(C)(C)C. The van der Waals surface area contributed by atoms with Crippen LogP contribution in [0.1, 0.15) is 43.0 Å². The van der Waals surface area contributed by atoms with Crippen molar-refractivity contribution in [1.82, 2.24) is 4.90 Å². The maximum Gasteiger partial charge on any atom is 0.411 e. The summed E-state index contributed by atoms with van der Waals surface area (Å²) < 4.78 is 16.7. The monoisotopic (exact) mass is 487 g/mol. The second-order valence-corrected chi connectivity index (χ2v) is 10.0. The lowest BCUT2D eigenvalue weighted by Gasteiger charge is -2.36. The number of benzene rings is 3. The van der Waals surface area contributed by atoms with Gasteiger partial charge in [-0.2, -0.15) is 0 Å². The molecule has 0 spiro atoms. The van der Waals surface area contributed by atoms with Crippen LogP contribution in [-0.4, -0.2) is 35.7 Å².